The maximum absolute atomic E-state index is 12.2. The third-order valence-electron chi connectivity index (χ3n) is 4.82. The van der Waals surface area contributed by atoms with Gasteiger partial charge in [0, 0.05) is 17.7 Å². The van der Waals surface area contributed by atoms with Gasteiger partial charge in [-0.3, -0.25) is 4.99 Å². The predicted molar refractivity (Wildman–Crippen MR) is 112 cm³/mol. The van der Waals surface area contributed by atoms with Gasteiger partial charge in [0.2, 0.25) is 0 Å². The van der Waals surface area contributed by atoms with Gasteiger partial charge in [-0.2, -0.15) is 0 Å². The van der Waals surface area contributed by atoms with Crippen LogP contribution in [0, 0.1) is 23.2 Å². The van der Waals surface area contributed by atoms with Crippen LogP contribution in [0.1, 0.15) is 61.0 Å². The molecule has 144 valence electrons. The van der Waals surface area contributed by atoms with Crippen LogP contribution in [0.2, 0.25) is 0 Å². The molecule has 6 heteroatoms. The SMILES string of the molecule is COC(=O)c1sc(C#CC(C)(C)C)cc1NC1CCC(C2C=NC=N2)CC1. The molecule has 1 N–H and O–H groups in total. The Kier molecular flexibility index (Phi) is 6.01. The zero-order valence-corrected chi connectivity index (χ0v) is 17.2. The van der Waals surface area contributed by atoms with Crippen LogP contribution >= 0.6 is 11.3 Å². The topological polar surface area (TPSA) is 63.0 Å². The molecule has 0 radical (unpaired) electrons. The molecule has 0 saturated heterocycles. The van der Waals surface area contributed by atoms with E-state index in [0.717, 1.165) is 36.2 Å². The van der Waals surface area contributed by atoms with E-state index >= 15 is 0 Å². The monoisotopic (exact) mass is 385 g/mol. The first-order valence-electron chi connectivity index (χ1n) is 9.42. The van der Waals surface area contributed by atoms with Gasteiger partial charge < -0.3 is 10.1 Å². The molecule has 1 fully saturated rings. The fraction of sp³-hybridized carbons (Fsp3) is 0.571. The van der Waals surface area contributed by atoms with E-state index in [4.69, 9.17) is 4.74 Å². The molecule has 2 heterocycles. The van der Waals surface area contributed by atoms with Crippen LogP contribution in [-0.2, 0) is 4.74 Å². The Morgan fingerprint density at radius 3 is 2.63 bits per heavy atom. The van der Waals surface area contributed by atoms with Gasteiger partial charge in [0.25, 0.3) is 0 Å². The second-order valence-corrected chi connectivity index (χ2v) is 9.21. The lowest BCUT2D eigenvalue weighted by Crippen LogP contribution is -2.31. The molecule has 1 unspecified atom stereocenters. The number of nitrogens with one attached hydrogen (secondary N) is 1. The molecular weight excluding hydrogens is 358 g/mol. The van der Waals surface area contributed by atoms with Gasteiger partial charge >= 0.3 is 5.97 Å². The maximum atomic E-state index is 12.2. The maximum Gasteiger partial charge on any atom is 0.350 e. The Hall–Kier alpha value is -2.13. The fourth-order valence-electron chi connectivity index (χ4n) is 3.40. The number of hydrogen-bond donors (Lipinski definition) is 1. The van der Waals surface area contributed by atoms with Crippen LogP contribution in [-0.4, -0.2) is 37.7 Å². The van der Waals surface area contributed by atoms with Crippen molar-refractivity contribution in [2.75, 3.05) is 12.4 Å². The highest BCUT2D eigenvalue weighted by molar-refractivity contribution is 7.15. The molecule has 1 aromatic rings. The van der Waals surface area contributed by atoms with Crippen molar-refractivity contribution in [3.05, 3.63) is 15.8 Å². The van der Waals surface area contributed by atoms with E-state index in [0.29, 0.717) is 16.8 Å². The summed E-state index contributed by atoms with van der Waals surface area (Å²) < 4.78 is 4.96. The Bertz CT molecular complexity index is 788. The summed E-state index contributed by atoms with van der Waals surface area (Å²) in [5.41, 5.74) is 0.766. The van der Waals surface area contributed by atoms with Crippen molar-refractivity contribution in [2.24, 2.45) is 21.3 Å². The van der Waals surface area contributed by atoms with Gasteiger partial charge in [-0.15, -0.1) is 11.3 Å². The molecule has 1 aliphatic heterocycles. The Labute approximate surface area is 165 Å². The number of nitrogens with zero attached hydrogens (tertiary/aromatic N) is 2. The van der Waals surface area contributed by atoms with Gasteiger partial charge in [0.15, 0.2) is 0 Å². The second-order valence-electron chi connectivity index (χ2n) is 8.15. The summed E-state index contributed by atoms with van der Waals surface area (Å²) >= 11 is 1.40. The van der Waals surface area contributed by atoms with Crippen LogP contribution < -0.4 is 5.32 Å². The van der Waals surface area contributed by atoms with Crippen molar-refractivity contribution >= 4 is 35.5 Å². The van der Waals surface area contributed by atoms with Crippen LogP contribution in [0.5, 0.6) is 0 Å². The molecule has 5 nitrogen and oxygen atoms in total. The summed E-state index contributed by atoms with van der Waals surface area (Å²) in [6, 6.07) is 2.58. The lowest BCUT2D eigenvalue weighted by molar-refractivity contribution is 0.0607. The highest BCUT2D eigenvalue weighted by Gasteiger charge is 2.28. The number of anilines is 1. The number of carbonyl (C=O) groups is 1. The summed E-state index contributed by atoms with van der Waals surface area (Å²) in [5, 5.41) is 3.56. The van der Waals surface area contributed by atoms with Crippen molar-refractivity contribution in [1.82, 2.24) is 0 Å². The van der Waals surface area contributed by atoms with E-state index in [-0.39, 0.29) is 17.4 Å². The van der Waals surface area contributed by atoms with Crippen LogP contribution in [0.25, 0.3) is 0 Å². The molecule has 3 rings (SSSR count). The number of ether oxygens (including phenoxy) is 1. The molecule has 0 bridgehead atoms. The van der Waals surface area contributed by atoms with Gasteiger partial charge in [-0.05, 0) is 58.4 Å². The minimum atomic E-state index is -0.309. The standard InChI is InChI=1S/C21H27N3O2S/c1-21(2,3)10-9-16-11-17(19(27-16)20(25)26-4)24-15-7-5-14(6-8-15)18-12-22-13-23-18/h11-15,18,24H,5-8H2,1-4H3. The molecule has 1 saturated carbocycles. The average molecular weight is 386 g/mol. The molecule has 0 aromatic carbocycles. The molecule has 0 amide bonds. The first-order chi connectivity index (χ1) is 12.9. The Balaban J connectivity index is 1.69. The van der Waals surface area contributed by atoms with Crippen LogP contribution in [0.15, 0.2) is 16.1 Å². The van der Waals surface area contributed by atoms with Crippen LogP contribution in [0.3, 0.4) is 0 Å². The fourth-order valence-corrected chi connectivity index (χ4v) is 4.30. The van der Waals surface area contributed by atoms with Crippen molar-refractivity contribution in [1.29, 1.82) is 0 Å². The Morgan fingerprint density at radius 2 is 2.04 bits per heavy atom. The minimum absolute atomic E-state index is 0.0760. The van der Waals surface area contributed by atoms with Gasteiger partial charge in [-0.25, -0.2) is 9.79 Å². The lowest BCUT2D eigenvalue weighted by Gasteiger charge is -2.31. The number of aliphatic imine (C=N–C) groups is 2. The molecule has 2 aliphatic rings. The summed E-state index contributed by atoms with van der Waals surface area (Å²) in [7, 11) is 1.42. The van der Waals surface area contributed by atoms with E-state index in [1.54, 1.807) is 6.34 Å². The predicted octanol–water partition coefficient (Wildman–Crippen LogP) is 4.38. The van der Waals surface area contributed by atoms with Crippen molar-refractivity contribution < 1.29 is 9.53 Å². The third-order valence-corrected chi connectivity index (χ3v) is 5.85. The first kappa shape index (κ1) is 19.6. The zero-order chi connectivity index (χ0) is 19.4. The number of carbonyl (C=O) groups excluding carboxylic acids is 1. The van der Waals surface area contributed by atoms with Crippen LogP contribution in [0.4, 0.5) is 5.69 Å². The number of rotatable bonds is 4. The number of thiophene rings is 1. The molecule has 0 spiro atoms. The molecule has 1 atom stereocenters. The van der Waals surface area contributed by atoms with E-state index in [2.05, 4.69) is 47.9 Å². The minimum Gasteiger partial charge on any atom is -0.465 e. The summed E-state index contributed by atoms with van der Waals surface area (Å²) in [6.07, 6.45) is 7.95. The van der Waals surface area contributed by atoms with Crippen molar-refractivity contribution in [3.8, 4) is 11.8 Å². The van der Waals surface area contributed by atoms with Gasteiger partial charge in [0.05, 0.1) is 23.7 Å². The number of esters is 1. The highest BCUT2D eigenvalue weighted by Crippen LogP contribution is 2.33. The van der Waals surface area contributed by atoms with E-state index in [9.17, 15) is 4.79 Å². The smallest absolute Gasteiger partial charge is 0.350 e. The number of hydrogen-bond acceptors (Lipinski definition) is 6. The van der Waals surface area contributed by atoms with E-state index in [1.807, 2.05) is 12.3 Å². The normalized spacial score (nSPS) is 24.4. The highest BCUT2D eigenvalue weighted by atomic mass is 32.1. The molecule has 1 aliphatic carbocycles. The van der Waals surface area contributed by atoms with Gasteiger partial charge in [0.1, 0.15) is 11.2 Å². The third kappa shape index (κ3) is 5.20. The lowest BCUT2D eigenvalue weighted by atomic mass is 9.82. The van der Waals surface area contributed by atoms with E-state index in [1.165, 1.54) is 18.4 Å². The quantitative estimate of drug-likeness (QED) is 0.618. The zero-order valence-electron chi connectivity index (χ0n) is 16.4. The van der Waals surface area contributed by atoms with Gasteiger partial charge in [-0.1, -0.05) is 11.8 Å². The van der Waals surface area contributed by atoms with E-state index < -0.39 is 0 Å². The molecule has 1 aromatic heterocycles. The second kappa shape index (κ2) is 8.26. The molecule has 27 heavy (non-hydrogen) atoms. The molecular formula is C21H27N3O2S. The summed E-state index contributed by atoms with van der Waals surface area (Å²) in [6.45, 7) is 6.22. The largest absolute Gasteiger partial charge is 0.465 e. The average Bonchev–Trinajstić information content (AvgIpc) is 3.29. The summed E-state index contributed by atoms with van der Waals surface area (Å²) in [5.74, 6) is 6.69. The number of methoxy groups -OCH3 is 1. The Morgan fingerprint density at radius 1 is 1.30 bits per heavy atom. The van der Waals surface area contributed by atoms with Crippen molar-refractivity contribution in [2.45, 2.75) is 58.5 Å². The van der Waals surface area contributed by atoms with Crippen molar-refractivity contribution in [3.63, 3.8) is 0 Å². The first-order valence-corrected chi connectivity index (χ1v) is 10.2. The summed E-state index contributed by atoms with van der Waals surface area (Å²) in [4.78, 5) is 22.2.